The number of hydrogen-bond acceptors (Lipinski definition) is 3. The van der Waals surface area contributed by atoms with E-state index in [0.29, 0.717) is 5.69 Å². The molecule has 2 heterocycles. The average molecular weight is 272 g/mol. The summed E-state index contributed by atoms with van der Waals surface area (Å²) in [6.07, 6.45) is 1.97. The van der Waals surface area contributed by atoms with Gasteiger partial charge in [-0.25, -0.2) is 0 Å². The van der Waals surface area contributed by atoms with Crippen LogP contribution in [0.15, 0.2) is 24.3 Å². The molecule has 20 heavy (non-hydrogen) atoms. The number of nitrogens with one attached hydrogen (secondary N) is 2. The Morgan fingerprint density at radius 1 is 1.40 bits per heavy atom. The lowest BCUT2D eigenvalue weighted by Crippen LogP contribution is -2.42. The van der Waals surface area contributed by atoms with Crippen molar-refractivity contribution < 1.29 is 4.79 Å². The van der Waals surface area contributed by atoms with Gasteiger partial charge in [0.05, 0.1) is 5.52 Å². The first-order valence-electron chi connectivity index (χ1n) is 7.26. The second-order valence-electron chi connectivity index (χ2n) is 5.18. The zero-order valence-electron chi connectivity index (χ0n) is 11.7. The molecule has 0 bridgehead atoms. The molecule has 0 unspecified atom stereocenters. The summed E-state index contributed by atoms with van der Waals surface area (Å²) in [5, 5.41) is 11.8. The molecule has 0 radical (unpaired) electrons. The maximum Gasteiger partial charge on any atom is 0.272 e. The fraction of sp³-hybridized carbons (Fsp3) is 0.467. The summed E-state index contributed by atoms with van der Waals surface area (Å²) in [4.78, 5) is 12.4. The van der Waals surface area contributed by atoms with Gasteiger partial charge in [-0.05, 0) is 38.9 Å². The predicted octanol–water partition coefficient (Wildman–Crippen LogP) is 1.54. The van der Waals surface area contributed by atoms with E-state index in [-0.39, 0.29) is 11.9 Å². The third-order valence-corrected chi connectivity index (χ3v) is 3.85. The summed E-state index contributed by atoms with van der Waals surface area (Å²) in [5.41, 5.74) is 1.56. The number of fused-ring (bicyclic) bond motifs is 1. The van der Waals surface area contributed by atoms with Crippen molar-refractivity contribution in [3.05, 3.63) is 30.0 Å². The highest BCUT2D eigenvalue weighted by Crippen LogP contribution is 2.18. The van der Waals surface area contributed by atoms with Crippen LogP contribution in [-0.2, 0) is 6.54 Å². The number of nitrogens with zero attached hydrogens (tertiary/aromatic N) is 2. The molecule has 5 heteroatoms. The minimum absolute atomic E-state index is 0.0553. The van der Waals surface area contributed by atoms with E-state index in [1.54, 1.807) is 0 Å². The highest BCUT2D eigenvalue weighted by molar-refractivity contribution is 6.04. The van der Waals surface area contributed by atoms with Crippen molar-refractivity contribution in [2.24, 2.45) is 0 Å². The molecule has 1 aromatic heterocycles. The minimum Gasteiger partial charge on any atom is -0.348 e. The van der Waals surface area contributed by atoms with Gasteiger partial charge in [0.25, 0.3) is 5.91 Å². The van der Waals surface area contributed by atoms with Crippen molar-refractivity contribution in [1.29, 1.82) is 0 Å². The fourth-order valence-corrected chi connectivity index (χ4v) is 2.76. The molecule has 1 amide bonds. The standard InChI is InChI=1S/C15H20N4O/c1-2-19-13-6-4-3-5-12(13)14(18-19)15(20)17-11-7-9-16-10-8-11/h3-6,11,16H,2,7-10H2,1H3,(H,17,20). The number of amides is 1. The monoisotopic (exact) mass is 272 g/mol. The molecular formula is C15H20N4O. The van der Waals surface area contributed by atoms with Crippen LogP contribution in [0, 0.1) is 0 Å². The molecule has 2 N–H and O–H groups in total. The van der Waals surface area contributed by atoms with Crippen molar-refractivity contribution in [2.75, 3.05) is 13.1 Å². The lowest BCUT2D eigenvalue weighted by Gasteiger charge is -2.23. The molecule has 0 saturated carbocycles. The number of piperidine rings is 1. The maximum absolute atomic E-state index is 12.4. The lowest BCUT2D eigenvalue weighted by molar-refractivity contribution is 0.0925. The Hall–Kier alpha value is -1.88. The van der Waals surface area contributed by atoms with E-state index in [9.17, 15) is 4.79 Å². The van der Waals surface area contributed by atoms with Crippen LogP contribution in [0.5, 0.6) is 0 Å². The van der Waals surface area contributed by atoms with Gasteiger partial charge >= 0.3 is 0 Å². The molecule has 3 rings (SSSR count). The molecule has 5 nitrogen and oxygen atoms in total. The number of para-hydroxylation sites is 1. The van der Waals surface area contributed by atoms with Gasteiger partial charge in [-0.3, -0.25) is 9.48 Å². The fourth-order valence-electron chi connectivity index (χ4n) is 2.76. The van der Waals surface area contributed by atoms with Gasteiger partial charge in [0.1, 0.15) is 0 Å². The number of carbonyl (C=O) groups excluding carboxylic acids is 1. The number of hydrogen-bond donors (Lipinski definition) is 2. The van der Waals surface area contributed by atoms with Crippen molar-refractivity contribution in [3.8, 4) is 0 Å². The number of aryl methyl sites for hydroxylation is 1. The molecule has 1 aromatic carbocycles. The van der Waals surface area contributed by atoms with E-state index in [4.69, 9.17) is 0 Å². The summed E-state index contributed by atoms with van der Waals surface area (Å²) in [5.74, 6) is -0.0553. The van der Waals surface area contributed by atoms with Gasteiger partial charge in [-0.2, -0.15) is 5.10 Å². The quantitative estimate of drug-likeness (QED) is 0.891. The Morgan fingerprint density at radius 3 is 2.90 bits per heavy atom. The third-order valence-electron chi connectivity index (χ3n) is 3.85. The smallest absolute Gasteiger partial charge is 0.272 e. The molecule has 0 aliphatic carbocycles. The van der Waals surface area contributed by atoms with E-state index >= 15 is 0 Å². The molecule has 1 aliphatic heterocycles. The van der Waals surface area contributed by atoms with Crippen LogP contribution in [-0.4, -0.2) is 34.8 Å². The van der Waals surface area contributed by atoms with Gasteiger partial charge in [0.15, 0.2) is 5.69 Å². The van der Waals surface area contributed by atoms with E-state index in [2.05, 4.69) is 15.7 Å². The van der Waals surface area contributed by atoms with E-state index in [1.807, 2.05) is 35.9 Å². The van der Waals surface area contributed by atoms with Crippen molar-refractivity contribution in [2.45, 2.75) is 32.4 Å². The second-order valence-corrected chi connectivity index (χ2v) is 5.18. The largest absolute Gasteiger partial charge is 0.348 e. The average Bonchev–Trinajstić information content (AvgIpc) is 2.87. The van der Waals surface area contributed by atoms with Gasteiger partial charge < -0.3 is 10.6 Å². The predicted molar refractivity (Wildman–Crippen MR) is 78.8 cm³/mol. The molecule has 0 atom stereocenters. The summed E-state index contributed by atoms with van der Waals surface area (Å²) in [6, 6.07) is 8.16. The van der Waals surface area contributed by atoms with E-state index < -0.39 is 0 Å². The first kappa shape index (κ1) is 13.1. The number of rotatable bonds is 3. The van der Waals surface area contributed by atoms with E-state index in [0.717, 1.165) is 43.4 Å². The zero-order chi connectivity index (χ0) is 13.9. The molecule has 2 aromatic rings. The number of benzene rings is 1. The van der Waals surface area contributed by atoms with Gasteiger partial charge in [0.2, 0.25) is 0 Å². The van der Waals surface area contributed by atoms with Gasteiger partial charge in [-0.15, -0.1) is 0 Å². The highest BCUT2D eigenvalue weighted by atomic mass is 16.2. The highest BCUT2D eigenvalue weighted by Gasteiger charge is 2.20. The summed E-state index contributed by atoms with van der Waals surface area (Å²) < 4.78 is 1.88. The first-order valence-corrected chi connectivity index (χ1v) is 7.26. The van der Waals surface area contributed by atoms with Crippen LogP contribution in [0.2, 0.25) is 0 Å². The molecule has 106 valence electrons. The normalized spacial score (nSPS) is 16.4. The van der Waals surface area contributed by atoms with Crippen LogP contribution >= 0.6 is 0 Å². The maximum atomic E-state index is 12.4. The molecule has 1 aliphatic rings. The SMILES string of the molecule is CCn1nc(C(=O)NC2CCNCC2)c2ccccc21. The lowest BCUT2D eigenvalue weighted by atomic mass is 10.1. The van der Waals surface area contributed by atoms with Crippen LogP contribution in [0.25, 0.3) is 10.9 Å². The minimum atomic E-state index is -0.0553. The zero-order valence-corrected chi connectivity index (χ0v) is 11.7. The molecule has 1 fully saturated rings. The number of carbonyl (C=O) groups is 1. The third kappa shape index (κ3) is 2.41. The van der Waals surface area contributed by atoms with Crippen LogP contribution in [0.3, 0.4) is 0 Å². The molecule has 0 spiro atoms. The summed E-state index contributed by atoms with van der Waals surface area (Å²) in [6.45, 7) is 4.74. The summed E-state index contributed by atoms with van der Waals surface area (Å²) >= 11 is 0. The Kier molecular flexibility index (Phi) is 3.69. The number of aromatic nitrogens is 2. The van der Waals surface area contributed by atoms with Crippen molar-refractivity contribution in [3.63, 3.8) is 0 Å². The molecule has 1 saturated heterocycles. The molecular weight excluding hydrogens is 252 g/mol. The van der Waals surface area contributed by atoms with Crippen LogP contribution < -0.4 is 10.6 Å². The summed E-state index contributed by atoms with van der Waals surface area (Å²) in [7, 11) is 0. The Bertz CT molecular complexity index is 613. The van der Waals surface area contributed by atoms with Crippen LogP contribution in [0.1, 0.15) is 30.3 Å². The Labute approximate surface area is 118 Å². The topological polar surface area (TPSA) is 59.0 Å². The van der Waals surface area contributed by atoms with E-state index in [1.165, 1.54) is 0 Å². The van der Waals surface area contributed by atoms with Crippen molar-refractivity contribution in [1.82, 2.24) is 20.4 Å². The Balaban J connectivity index is 1.87. The second kappa shape index (κ2) is 5.63. The van der Waals surface area contributed by atoms with Gasteiger partial charge in [-0.1, -0.05) is 18.2 Å². The van der Waals surface area contributed by atoms with Gasteiger partial charge in [0, 0.05) is 18.0 Å². The van der Waals surface area contributed by atoms with Crippen LogP contribution in [0.4, 0.5) is 0 Å². The van der Waals surface area contributed by atoms with Crippen molar-refractivity contribution >= 4 is 16.8 Å². The Morgan fingerprint density at radius 2 is 2.15 bits per heavy atom. The first-order chi connectivity index (χ1) is 9.79.